The molecular weight excluding hydrogens is 352 g/mol. The van der Waals surface area contributed by atoms with Gasteiger partial charge in [-0.15, -0.1) is 11.3 Å². The number of nitrogens with zero attached hydrogens (tertiary/aromatic N) is 3. The van der Waals surface area contributed by atoms with Crippen LogP contribution in [-0.4, -0.2) is 15.0 Å². The normalized spacial score (nSPS) is 16.3. The smallest absolute Gasteiger partial charge is 0.130 e. The molecule has 0 saturated heterocycles. The lowest BCUT2D eigenvalue weighted by molar-refractivity contribution is 0.598. The van der Waals surface area contributed by atoms with Crippen LogP contribution in [0.1, 0.15) is 35.8 Å². The zero-order valence-electron chi connectivity index (χ0n) is 15.1. The van der Waals surface area contributed by atoms with Crippen molar-refractivity contribution in [1.82, 2.24) is 15.0 Å². The molecule has 1 N–H and O–H groups in total. The molecule has 0 radical (unpaired) electrons. The molecule has 0 unspecified atom stereocenters. The van der Waals surface area contributed by atoms with Crippen LogP contribution >= 0.6 is 11.3 Å². The van der Waals surface area contributed by atoms with Crippen LogP contribution < -0.4 is 5.32 Å². The summed E-state index contributed by atoms with van der Waals surface area (Å²) in [5, 5.41) is 3.66. The monoisotopic (exact) mass is 372 g/mol. The van der Waals surface area contributed by atoms with Gasteiger partial charge in [0.05, 0.1) is 27.5 Å². The van der Waals surface area contributed by atoms with Crippen molar-refractivity contribution in [3.8, 4) is 11.3 Å². The molecule has 0 saturated carbocycles. The van der Waals surface area contributed by atoms with Crippen LogP contribution in [0.25, 0.3) is 21.5 Å². The van der Waals surface area contributed by atoms with Gasteiger partial charge in [0.2, 0.25) is 0 Å². The standard InChI is InChI=1S/C22H20N4S/c1-14-24-20(16-9-10-19-21(11-16)27-13-23-19)12-22(25-14)26-18-8-4-6-15-5-2-3-7-17(15)18/h2-3,5,7,9-13,18H,4,6,8H2,1H3,(H,24,25,26)/t18-/m1/s1. The number of aromatic nitrogens is 3. The van der Waals surface area contributed by atoms with Gasteiger partial charge in [-0.05, 0) is 49.4 Å². The van der Waals surface area contributed by atoms with E-state index < -0.39 is 0 Å². The van der Waals surface area contributed by atoms with E-state index in [1.54, 1.807) is 11.3 Å². The van der Waals surface area contributed by atoms with E-state index in [1.165, 1.54) is 22.2 Å². The van der Waals surface area contributed by atoms with E-state index >= 15 is 0 Å². The number of anilines is 1. The van der Waals surface area contributed by atoms with E-state index in [4.69, 9.17) is 0 Å². The van der Waals surface area contributed by atoms with Crippen molar-refractivity contribution in [3.63, 3.8) is 0 Å². The summed E-state index contributed by atoms with van der Waals surface area (Å²) in [6, 6.07) is 17.4. The maximum atomic E-state index is 4.67. The van der Waals surface area contributed by atoms with Gasteiger partial charge in [0.1, 0.15) is 11.6 Å². The highest BCUT2D eigenvalue weighted by Crippen LogP contribution is 2.33. The summed E-state index contributed by atoms with van der Waals surface area (Å²) in [6.07, 6.45) is 3.49. The Morgan fingerprint density at radius 2 is 2.00 bits per heavy atom. The first-order valence-electron chi connectivity index (χ1n) is 9.30. The zero-order valence-corrected chi connectivity index (χ0v) is 16.0. The van der Waals surface area contributed by atoms with Crippen molar-refractivity contribution < 1.29 is 0 Å². The first-order valence-corrected chi connectivity index (χ1v) is 10.2. The summed E-state index contributed by atoms with van der Waals surface area (Å²) in [4.78, 5) is 13.7. The predicted molar refractivity (Wildman–Crippen MR) is 111 cm³/mol. The van der Waals surface area contributed by atoms with Crippen molar-refractivity contribution in [1.29, 1.82) is 0 Å². The maximum absolute atomic E-state index is 4.67. The summed E-state index contributed by atoms with van der Waals surface area (Å²) in [7, 11) is 0. The summed E-state index contributed by atoms with van der Waals surface area (Å²) >= 11 is 1.66. The number of benzene rings is 2. The van der Waals surface area contributed by atoms with Gasteiger partial charge in [0.15, 0.2) is 0 Å². The lowest BCUT2D eigenvalue weighted by atomic mass is 9.88. The summed E-state index contributed by atoms with van der Waals surface area (Å²) in [5.74, 6) is 1.67. The van der Waals surface area contributed by atoms with Crippen LogP contribution in [0.5, 0.6) is 0 Å². The quantitative estimate of drug-likeness (QED) is 0.512. The number of hydrogen-bond donors (Lipinski definition) is 1. The van der Waals surface area contributed by atoms with Crippen LogP contribution in [0.4, 0.5) is 5.82 Å². The molecule has 4 aromatic rings. The van der Waals surface area contributed by atoms with Gasteiger partial charge in [-0.1, -0.05) is 30.3 Å². The number of rotatable bonds is 3. The minimum atomic E-state index is 0.307. The second-order valence-corrected chi connectivity index (χ2v) is 7.89. The molecule has 2 heterocycles. The average molecular weight is 372 g/mol. The van der Waals surface area contributed by atoms with E-state index in [-0.39, 0.29) is 0 Å². The fourth-order valence-corrected chi connectivity index (χ4v) is 4.60. The molecule has 27 heavy (non-hydrogen) atoms. The first kappa shape index (κ1) is 16.4. The molecule has 0 fully saturated rings. The van der Waals surface area contributed by atoms with Crippen molar-refractivity contribution in [2.45, 2.75) is 32.2 Å². The third kappa shape index (κ3) is 3.19. The predicted octanol–water partition coefficient (Wildman–Crippen LogP) is 5.55. The molecule has 1 aliphatic carbocycles. The van der Waals surface area contributed by atoms with Gasteiger partial charge >= 0.3 is 0 Å². The number of thiazole rings is 1. The molecule has 0 aliphatic heterocycles. The topological polar surface area (TPSA) is 50.7 Å². The van der Waals surface area contributed by atoms with Crippen LogP contribution in [0.3, 0.4) is 0 Å². The van der Waals surface area contributed by atoms with E-state index in [1.807, 2.05) is 12.4 Å². The van der Waals surface area contributed by atoms with Gasteiger partial charge in [-0.2, -0.15) is 0 Å². The van der Waals surface area contributed by atoms with E-state index in [2.05, 4.69) is 68.8 Å². The van der Waals surface area contributed by atoms with Gasteiger partial charge in [0.25, 0.3) is 0 Å². The zero-order chi connectivity index (χ0) is 18.2. The Kier molecular flexibility index (Phi) is 4.09. The Morgan fingerprint density at radius 1 is 1.07 bits per heavy atom. The second kappa shape index (κ2) is 6.74. The lowest BCUT2D eigenvalue weighted by Gasteiger charge is -2.27. The SMILES string of the molecule is Cc1nc(N[C@@H]2CCCc3ccccc32)cc(-c2ccc3ncsc3c2)n1. The van der Waals surface area contributed by atoms with Gasteiger partial charge < -0.3 is 5.32 Å². The summed E-state index contributed by atoms with van der Waals surface area (Å²) < 4.78 is 1.18. The largest absolute Gasteiger partial charge is 0.363 e. The molecular formula is C22H20N4S. The van der Waals surface area contributed by atoms with E-state index in [9.17, 15) is 0 Å². The molecule has 1 aliphatic rings. The van der Waals surface area contributed by atoms with Gasteiger partial charge in [-0.3, -0.25) is 0 Å². The van der Waals surface area contributed by atoms with Crippen molar-refractivity contribution in [3.05, 3.63) is 71.0 Å². The van der Waals surface area contributed by atoms with Gasteiger partial charge in [-0.25, -0.2) is 15.0 Å². The molecule has 2 aromatic heterocycles. The van der Waals surface area contributed by atoms with E-state index in [0.29, 0.717) is 6.04 Å². The maximum Gasteiger partial charge on any atom is 0.130 e. The Bertz CT molecular complexity index is 1120. The van der Waals surface area contributed by atoms with Crippen LogP contribution in [0.2, 0.25) is 0 Å². The summed E-state index contributed by atoms with van der Waals surface area (Å²) in [5.41, 5.74) is 7.81. The minimum absolute atomic E-state index is 0.307. The molecule has 2 aromatic carbocycles. The van der Waals surface area contributed by atoms with Crippen molar-refractivity contribution >= 4 is 27.4 Å². The van der Waals surface area contributed by atoms with Crippen LogP contribution in [-0.2, 0) is 6.42 Å². The Morgan fingerprint density at radius 3 is 2.96 bits per heavy atom. The number of hydrogen-bond acceptors (Lipinski definition) is 5. The number of nitrogens with one attached hydrogen (secondary N) is 1. The average Bonchev–Trinajstić information content (AvgIpc) is 3.16. The van der Waals surface area contributed by atoms with Crippen LogP contribution in [0, 0.1) is 6.92 Å². The lowest BCUT2D eigenvalue weighted by Crippen LogP contribution is -2.18. The molecule has 1 atom stereocenters. The Balaban J connectivity index is 1.49. The molecule has 5 rings (SSSR count). The summed E-state index contributed by atoms with van der Waals surface area (Å²) in [6.45, 7) is 1.95. The fourth-order valence-electron chi connectivity index (χ4n) is 3.89. The highest BCUT2D eigenvalue weighted by molar-refractivity contribution is 7.16. The molecule has 0 spiro atoms. The second-order valence-electron chi connectivity index (χ2n) is 7.01. The highest BCUT2D eigenvalue weighted by atomic mass is 32.1. The fraction of sp³-hybridized carbons (Fsp3) is 0.227. The third-order valence-electron chi connectivity index (χ3n) is 5.16. The Hall–Kier alpha value is -2.79. The molecule has 0 amide bonds. The number of aryl methyl sites for hydroxylation is 2. The third-order valence-corrected chi connectivity index (χ3v) is 5.95. The van der Waals surface area contributed by atoms with Crippen molar-refractivity contribution in [2.75, 3.05) is 5.32 Å². The molecule has 134 valence electrons. The van der Waals surface area contributed by atoms with Gasteiger partial charge in [0, 0.05) is 11.6 Å². The van der Waals surface area contributed by atoms with Crippen LogP contribution in [0.15, 0.2) is 54.0 Å². The first-order chi connectivity index (χ1) is 13.3. The van der Waals surface area contributed by atoms with Crippen molar-refractivity contribution in [2.24, 2.45) is 0 Å². The van der Waals surface area contributed by atoms with E-state index in [0.717, 1.165) is 41.3 Å². The number of fused-ring (bicyclic) bond motifs is 2. The molecule has 4 nitrogen and oxygen atoms in total. The minimum Gasteiger partial charge on any atom is -0.363 e. The molecule has 5 heteroatoms. The highest BCUT2D eigenvalue weighted by Gasteiger charge is 2.20. The Labute approximate surface area is 162 Å². The molecule has 0 bridgehead atoms.